The number of hydrogen-bond donors (Lipinski definition) is 2. The Morgan fingerprint density at radius 2 is 1.85 bits per heavy atom. The second-order valence-electron chi connectivity index (χ2n) is 9.41. The smallest absolute Gasteiger partial charge is 0.273 e. The van der Waals surface area contributed by atoms with Crippen LogP contribution in [0.3, 0.4) is 0 Å². The lowest BCUT2D eigenvalue weighted by molar-refractivity contribution is 0.0903. The molecule has 1 aromatic carbocycles. The molecule has 1 unspecified atom stereocenters. The Balaban J connectivity index is 1.33. The molecule has 2 N–H and O–H groups in total. The van der Waals surface area contributed by atoms with Gasteiger partial charge in [0.15, 0.2) is 5.69 Å². The minimum absolute atomic E-state index is 0.148. The lowest BCUT2D eigenvalue weighted by Gasteiger charge is -2.31. The van der Waals surface area contributed by atoms with Crippen LogP contribution in [0.2, 0.25) is 0 Å². The molecule has 2 aliphatic carbocycles. The van der Waals surface area contributed by atoms with Crippen molar-refractivity contribution in [1.29, 1.82) is 0 Å². The first-order valence-corrected chi connectivity index (χ1v) is 12.2. The maximum absolute atomic E-state index is 13.1. The van der Waals surface area contributed by atoms with Gasteiger partial charge in [-0.3, -0.25) is 14.6 Å². The van der Waals surface area contributed by atoms with E-state index in [9.17, 15) is 9.59 Å². The summed E-state index contributed by atoms with van der Waals surface area (Å²) >= 11 is 0. The highest BCUT2D eigenvalue weighted by Crippen LogP contribution is 2.40. The molecule has 2 aliphatic rings. The van der Waals surface area contributed by atoms with Crippen LogP contribution in [0, 0.1) is 5.92 Å². The van der Waals surface area contributed by atoms with E-state index < -0.39 is 0 Å². The molecular formula is C27H30N4O3. The molecule has 7 nitrogen and oxygen atoms in total. The molecule has 0 radical (unpaired) electrons. The molecular weight excluding hydrogens is 428 g/mol. The first-order chi connectivity index (χ1) is 16.7. The summed E-state index contributed by atoms with van der Waals surface area (Å²) in [7, 11) is 0. The van der Waals surface area contributed by atoms with Crippen LogP contribution in [0.25, 0.3) is 0 Å². The van der Waals surface area contributed by atoms with E-state index in [0.29, 0.717) is 29.6 Å². The normalized spacial score (nSPS) is 17.2. The van der Waals surface area contributed by atoms with Crippen LogP contribution in [-0.2, 0) is 6.54 Å². The molecule has 2 aromatic heterocycles. The molecule has 0 bridgehead atoms. The number of amides is 2. The van der Waals surface area contributed by atoms with Crippen molar-refractivity contribution in [1.82, 2.24) is 20.8 Å². The number of pyridine rings is 1. The van der Waals surface area contributed by atoms with Crippen LogP contribution in [0.1, 0.15) is 94.6 Å². The second-order valence-corrected chi connectivity index (χ2v) is 9.41. The fourth-order valence-electron chi connectivity index (χ4n) is 4.77. The van der Waals surface area contributed by atoms with E-state index in [4.69, 9.17) is 4.52 Å². The van der Waals surface area contributed by atoms with Gasteiger partial charge in [-0.1, -0.05) is 42.6 Å². The van der Waals surface area contributed by atoms with Crippen molar-refractivity contribution in [2.75, 3.05) is 0 Å². The molecule has 176 valence electrons. The van der Waals surface area contributed by atoms with E-state index in [1.807, 2.05) is 30.3 Å². The molecule has 0 aliphatic heterocycles. The maximum Gasteiger partial charge on any atom is 0.273 e. The molecule has 2 heterocycles. The predicted molar refractivity (Wildman–Crippen MR) is 127 cm³/mol. The van der Waals surface area contributed by atoms with Gasteiger partial charge in [-0.25, -0.2) is 0 Å². The zero-order valence-electron chi connectivity index (χ0n) is 19.2. The van der Waals surface area contributed by atoms with Crippen molar-refractivity contribution in [3.05, 3.63) is 83.0 Å². The number of rotatable bonds is 8. The van der Waals surface area contributed by atoms with Gasteiger partial charge < -0.3 is 15.2 Å². The van der Waals surface area contributed by atoms with Crippen molar-refractivity contribution >= 4 is 11.8 Å². The Hall–Kier alpha value is -3.48. The van der Waals surface area contributed by atoms with E-state index in [1.54, 1.807) is 24.5 Å². The monoisotopic (exact) mass is 458 g/mol. The molecule has 7 heteroatoms. The third kappa shape index (κ3) is 5.35. The number of carbonyl (C=O) groups excluding carboxylic acids is 2. The first kappa shape index (κ1) is 22.3. The van der Waals surface area contributed by atoms with Crippen molar-refractivity contribution in [2.45, 2.75) is 63.5 Å². The van der Waals surface area contributed by atoms with Crippen LogP contribution in [0.5, 0.6) is 0 Å². The molecule has 2 saturated carbocycles. The van der Waals surface area contributed by atoms with E-state index >= 15 is 0 Å². The lowest BCUT2D eigenvalue weighted by Crippen LogP contribution is -2.35. The molecule has 0 saturated heterocycles. The fraction of sp³-hybridized carbons (Fsp3) is 0.407. The molecule has 5 rings (SSSR count). The van der Waals surface area contributed by atoms with Gasteiger partial charge in [0.25, 0.3) is 11.8 Å². The number of hydrogen-bond acceptors (Lipinski definition) is 5. The standard InChI is InChI=1S/C27H30N4O3/c32-26(29-17-18-6-5-13-28-16-18)22-10-4-9-21(14-22)25(20-7-2-1-3-8-20)30-27(33)23-15-24(34-31-23)19-11-12-19/h4-6,9-10,13-16,19-20,25H,1-3,7-8,11-12,17H2,(H,29,32)(H,30,33). The Kier molecular flexibility index (Phi) is 6.70. The van der Waals surface area contributed by atoms with E-state index in [0.717, 1.165) is 55.4 Å². The van der Waals surface area contributed by atoms with Crippen LogP contribution in [0.15, 0.2) is 59.4 Å². The summed E-state index contributed by atoms with van der Waals surface area (Å²) in [5, 5.41) is 10.2. The summed E-state index contributed by atoms with van der Waals surface area (Å²) in [5.74, 6) is 1.15. The third-order valence-corrected chi connectivity index (χ3v) is 6.83. The van der Waals surface area contributed by atoms with Crippen molar-refractivity contribution < 1.29 is 14.1 Å². The highest BCUT2D eigenvalue weighted by atomic mass is 16.5. The van der Waals surface area contributed by atoms with E-state index in [1.165, 1.54) is 6.42 Å². The largest absolute Gasteiger partial charge is 0.360 e. The Labute approximate surface area is 199 Å². The predicted octanol–water partition coefficient (Wildman–Crippen LogP) is 4.93. The minimum Gasteiger partial charge on any atom is -0.360 e. The summed E-state index contributed by atoms with van der Waals surface area (Å²) < 4.78 is 5.39. The van der Waals surface area contributed by atoms with Crippen LogP contribution in [-0.4, -0.2) is 22.0 Å². The summed E-state index contributed by atoms with van der Waals surface area (Å²) in [6.07, 6.45) is 11.3. The summed E-state index contributed by atoms with van der Waals surface area (Å²) in [5.41, 5.74) is 2.79. The zero-order valence-corrected chi connectivity index (χ0v) is 19.2. The molecule has 0 spiro atoms. The molecule has 3 aromatic rings. The van der Waals surface area contributed by atoms with Gasteiger partial charge in [-0.2, -0.15) is 0 Å². The van der Waals surface area contributed by atoms with E-state index in [-0.39, 0.29) is 17.9 Å². The minimum atomic E-state index is -0.224. The Bertz CT molecular complexity index is 1130. The number of carbonyl (C=O) groups is 2. The number of aromatic nitrogens is 2. The number of benzene rings is 1. The van der Waals surface area contributed by atoms with Gasteiger partial charge in [-0.05, 0) is 60.9 Å². The highest BCUT2D eigenvalue weighted by Gasteiger charge is 2.31. The maximum atomic E-state index is 13.1. The number of nitrogens with zero attached hydrogens (tertiary/aromatic N) is 2. The zero-order chi connectivity index (χ0) is 23.3. The Morgan fingerprint density at radius 1 is 1.00 bits per heavy atom. The van der Waals surface area contributed by atoms with Crippen molar-refractivity contribution in [3.8, 4) is 0 Å². The number of nitrogens with one attached hydrogen (secondary N) is 2. The van der Waals surface area contributed by atoms with Gasteiger partial charge in [0.2, 0.25) is 0 Å². The first-order valence-electron chi connectivity index (χ1n) is 12.2. The average molecular weight is 459 g/mol. The average Bonchev–Trinajstić information content (AvgIpc) is 3.63. The quantitative estimate of drug-likeness (QED) is 0.499. The van der Waals surface area contributed by atoms with Gasteiger partial charge in [0.05, 0.1) is 6.04 Å². The summed E-state index contributed by atoms with van der Waals surface area (Å²) in [6.45, 7) is 0.412. The lowest BCUT2D eigenvalue weighted by atomic mass is 9.80. The van der Waals surface area contributed by atoms with Crippen LogP contribution in [0.4, 0.5) is 0 Å². The molecule has 2 fully saturated rings. The van der Waals surface area contributed by atoms with Crippen LogP contribution < -0.4 is 10.6 Å². The van der Waals surface area contributed by atoms with Gasteiger partial charge in [0.1, 0.15) is 5.76 Å². The third-order valence-electron chi connectivity index (χ3n) is 6.83. The van der Waals surface area contributed by atoms with E-state index in [2.05, 4.69) is 20.8 Å². The Morgan fingerprint density at radius 3 is 2.62 bits per heavy atom. The van der Waals surface area contributed by atoms with Crippen LogP contribution >= 0.6 is 0 Å². The summed E-state index contributed by atoms with van der Waals surface area (Å²) in [4.78, 5) is 30.0. The van der Waals surface area contributed by atoms with Crippen molar-refractivity contribution in [2.24, 2.45) is 5.92 Å². The van der Waals surface area contributed by atoms with Crippen molar-refractivity contribution in [3.63, 3.8) is 0 Å². The van der Waals surface area contributed by atoms with Gasteiger partial charge in [-0.15, -0.1) is 0 Å². The van der Waals surface area contributed by atoms with Gasteiger partial charge in [0, 0.05) is 36.5 Å². The molecule has 2 amide bonds. The molecule has 34 heavy (non-hydrogen) atoms. The second kappa shape index (κ2) is 10.2. The summed E-state index contributed by atoms with van der Waals surface area (Å²) in [6, 6.07) is 13.0. The topological polar surface area (TPSA) is 97.1 Å². The van der Waals surface area contributed by atoms with Gasteiger partial charge >= 0.3 is 0 Å². The molecule has 1 atom stereocenters. The fourth-order valence-corrected chi connectivity index (χ4v) is 4.77. The SMILES string of the molecule is O=C(NCc1cccnc1)c1cccc(C(NC(=O)c2cc(C3CC3)on2)C2CCCCC2)c1. The highest BCUT2D eigenvalue weighted by molar-refractivity contribution is 5.94.